The van der Waals surface area contributed by atoms with Crippen molar-refractivity contribution in [1.29, 1.82) is 0 Å². The van der Waals surface area contributed by atoms with E-state index in [9.17, 15) is 0 Å². The van der Waals surface area contributed by atoms with Crippen molar-refractivity contribution in [2.45, 2.75) is 12.0 Å². The molecule has 1 aliphatic rings. The van der Waals surface area contributed by atoms with E-state index in [1.165, 1.54) is 11.1 Å². The summed E-state index contributed by atoms with van der Waals surface area (Å²) in [5, 5.41) is 0. The van der Waals surface area contributed by atoms with Crippen LogP contribution in [0.5, 0.6) is 0 Å². The van der Waals surface area contributed by atoms with E-state index in [1.54, 1.807) is 6.20 Å². The Bertz CT molecular complexity index is 721. The molecule has 0 bridgehead atoms. The summed E-state index contributed by atoms with van der Waals surface area (Å²) in [6.45, 7) is 0.903. The highest BCUT2D eigenvalue weighted by atomic mass is 15.4. The fraction of sp³-hybridized carbons (Fsp3) is 0.200. The first-order valence-electron chi connectivity index (χ1n) is 6.73. The molecule has 2 N–H and O–H groups in total. The normalized spacial score (nSPS) is 22.4. The summed E-state index contributed by atoms with van der Waals surface area (Å²) in [7, 11) is 0. The summed E-state index contributed by atoms with van der Waals surface area (Å²) in [5.41, 5.74) is 10.1. The first-order chi connectivity index (χ1) is 9.92. The van der Waals surface area contributed by atoms with Gasteiger partial charge in [0.05, 0.1) is 6.04 Å². The Hall–Kier alpha value is -2.24. The minimum atomic E-state index is 0.240. The molecule has 5 nitrogen and oxygen atoms in total. The smallest absolute Gasteiger partial charge is 0.136 e. The number of nitrogens with one attached hydrogen (secondary N) is 2. The molecule has 0 aromatic carbocycles. The van der Waals surface area contributed by atoms with Gasteiger partial charge in [-0.3, -0.25) is 10.4 Å². The van der Waals surface area contributed by atoms with E-state index in [2.05, 4.69) is 49.6 Å². The van der Waals surface area contributed by atoms with Gasteiger partial charge in [0, 0.05) is 43.4 Å². The molecule has 3 aromatic heterocycles. The number of nitrogens with zero attached hydrogens (tertiary/aromatic N) is 3. The maximum atomic E-state index is 4.29. The molecule has 4 heterocycles. The molecule has 100 valence electrons. The first kappa shape index (κ1) is 11.6. The van der Waals surface area contributed by atoms with Crippen molar-refractivity contribution in [3.05, 3.63) is 66.4 Å². The molecule has 1 fully saturated rings. The molecule has 4 rings (SSSR count). The van der Waals surface area contributed by atoms with Crippen LogP contribution < -0.4 is 10.9 Å². The van der Waals surface area contributed by atoms with Gasteiger partial charge in [-0.05, 0) is 23.3 Å². The summed E-state index contributed by atoms with van der Waals surface area (Å²) in [4.78, 5) is 8.50. The molecule has 0 radical (unpaired) electrons. The highest BCUT2D eigenvalue weighted by Crippen LogP contribution is 2.32. The summed E-state index contributed by atoms with van der Waals surface area (Å²) in [5.74, 6) is 0.381. The fourth-order valence-corrected chi connectivity index (χ4v) is 2.84. The largest absolute Gasteiger partial charge is 0.307 e. The van der Waals surface area contributed by atoms with Gasteiger partial charge in [0.1, 0.15) is 5.65 Å². The van der Waals surface area contributed by atoms with Gasteiger partial charge in [-0.25, -0.2) is 10.4 Å². The number of rotatable bonds is 2. The van der Waals surface area contributed by atoms with Crippen LogP contribution in [0.15, 0.2) is 55.2 Å². The minimum Gasteiger partial charge on any atom is -0.307 e. The predicted molar refractivity (Wildman–Crippen MR) is 76.0 cm³/mol. The SMILES string of the molecule is c1cncc(C2NNCC2c2ccc3nccn3c2)c1. The third kappa shape index (κ3) is 1.88. The predicted octanol–water partition coefficient (Wildman–Crippen LogP) is 1.66. The van der Waals surface area contributed by atoms with Crippen LogP contribution in [0.1, 0.15) is 23.1 Å². The highest BCUT2D eigenvalue weighted by molar-refractivity contribution is 5.41. The third-order valence-electron chi connectivity index (χ3n) is 3.87. The van der Waals surface area contributed by atoms with E-state index < -0.39 is 0 Å². The monoisotopic (exact) mass is 265 g/mol. The summed E-state index contributed by atoms with van der Waals surface area (Å²) >= 11 is 0. The lowest BCUT2D eigenvalue weighted by atomic mass is 9.90. The zero-order valence-electron chi connectivity index (χ0n) is 10.9. The quantitative estimate of drug-likeness (QED) is 0.740. The van der Waals surface area contributed by atoms with Gasteiger partial charge in [0.25, 0.3) is 0 Å². The lowest BCUT2D eigenvalue weighted by Crippen LogP contribution is -2.24. The Balaban J connectivity index is 1.72. The molecule has 20 heavy (non-hydrogen) atoms. The van der Waals surface area contributed by atoms with Crippen LogP contribution in [0.2, 0.25) is 0 Å². The number of hydrogen-bond donors (Lipinski definition) is 2. The number of aromatic nitrogens is 3. The van der Waals surface area contributed by atoms with Crippen LogP contribution in [-0.2, 0) is 0 Å². The molecule has 2 unspecified atom stereocenters. The van der Waals surface area contributed by atoms with Gasteiger partial charge < -0.3 is 4.40 Å². The Morgan fingerprint density at radius 1 is 1.15 bits per heavy atom. The molecular weight excluding hydrogens is 250 g/mol. The van der Waals surface area contributed by atoms with Gasteiger partial charge in [-0.2, -0.15) is 0 Å². The molecule has 0 saturated carbocycles. The average molecular weight is 265 g/mol. The molecule has 0 aliphatic carbocycles. The lowest BCUT2D eigenvalue weighted by Gasteiger charge is -2.19. The zero-order chi connectivity index (χ0) is 13.4. The third-order valence-corrected chi connectivity index (χ3v) is 3.87. The van der Waals surface area contributed by atoms with Crippen LogP contribution in [0.4, 0.5) is 0 Å². The van der Waals surface area contributed by atoms with Gasteiger partial charge >= 0.3 is 0 Å². The van der Waals surface area contributed by atoms with Crippen molar-refractivity contribution in [2.24, 2.45) is 0 Å². The number of pyridine rings is 2. The number of fused-ring (bicyclic) bond motifs is 1. The van der Waals surface area contributed by atoms with E-state index in [-0.39, 0.29) is 6.04 Å². The maximum absolute atomic E-state index is 4.29. The molecule has 1 saturated heterocycles. The van der Waals surface area contributed by atoms with Gasteiger partial charge in [-0.1, -0.05) is 12.1 Å². The van der Waals surface area contributed by atoms with E-state index in [1.807, 2.05) is 24.7 Å². The zero-order valence-corrected chi connectivity index (χ0v) is 10.9. The second-order valence-corrected chi connectivity index (χ2v) is 5.05. The van der Waals surface area contributed by atoms with Crippen molar-refractivity contribution in [2.75, 3.05) is 6.54 Å². The number of imidazole rings is 1. The average Bonchev–Trinajstić information content (AvgIpc) is 3.16. The maximum Gasteiger partial charge on any atom is 0.136 e. The molecule has 0 spiro atoms. The van der Waals surface area contributed by atoms with E-state index in [0.717, 1.165) is 12.2 Å². The first-order valence-corrected chi connectivity index (χ1v) is 6.73. The lowest BCUT2D eigenvalue weighted by molar-refractivity contribution is 0.552. The fourth-order valence-electron chi connectivity index (χ4n) is 2.84. The Labute approximate surface area is 116 Å². The van der Waals surface area contributed by atoms with Gasteiger partial charge in [0.15, 0.2) is 0 Å². The van der Waals surface area contributed by atoms with Crippen molar-refractivity contribution in [1.82, 2.24) is 25.2 Å². The van der Waals surface area contributed by atoms with Gasteiger partial charge in [-0.15, -0.1) is 0 Å². The molecule has 0 amide bonds. The van der Waals surface area contributed by atoms with Crippen molar-refractivity contribution >= 4 is 5.65 Å². The van der Waals surface area contributed by atoms with Crippen LogP contribution in [0.25, 0.3) is 5.65 Å². The molecule has 1 aliphatic heterocycles. The highest BCUT2D eigenvalue weighted by Gasteiger charge is 2.29. The van der Waals surface area contributed by atoms with Crippen molar-refractivity contribution in [3.8, 4) is 0 Å². The Morgan fingerprint density at radius 2 is 2.15 bits per heavy atom. The number of hydrogen-bond acceptors (Lipinski definition) is 4. The van der Waals surface area contributed by atoms with Crippen molar-refractivity contribution in [3.63, 3.8) is 0 Å². The van der Waals surface area contributed by atoms with Crippen LogP contribution in [0.3, 0.4) is 0 Å². The second kappa shape index (κ2) is 4.70. The van der Waals surface area contributed by atoms with Crippen LogP contribution >= 0.6 is 0 Å². The van der Waals surface area contributed by atoms with E-state index in [4.69, 9.17) is 0 Å². The van der Waals surface area contributed by atoms with Gasteiger partial charge in [0.2, 0.25) is 0 Å². The van der Waals surface area contributed by atoms with Crippen LogP contribution in [-0.4, -0.2) is 20.9 Å². The van der Waals surface area contributed by atoms with E-state index >= 15 is 0 Å². The topological polar surface area (TPSA) is 54.2 Å². The molecule has 3 aromatic rings. The van der Waals surface area contributed by atoms with E-state index in [0.29, 0.717) is 5.92 Å². The van der Waals surface area contributed by atoms with Crippen molar-refractivity contribution < 1.29 is 0 Å². The summed E-state index contributed by atoms with van der Waals surface area (Å²) in [6.07, 6.45) is 9.69. The summed E-state index contributed by atoms with van der Waals surface area (Å²) in [6, 6.07) is 8.55. The molecule has 5 heteroatoms. The summed E-state index contributed by atoms with van der Waals surface area (Å²) < 4.78 is 2.06. The molecule has 2 atom stereocenters. The minimum absolute atomic E-state index is 0.240. The standard InChI is InChI=1S/C15H15N5/c1-2-11(8-16-5-1)15-13(9-18-19-15)12-3-4-14-17-6-7-20(14)10-12/h1-8,10,13,15,18-19H,9H2. The molecular formula is C15H15N5. The van der Waals surface area contributed by atoms with Crippen LogP contribution in [0, 0.1) is 0 Å². The Morgan fingerprint density at radius 3 is 3.05 bits per heavy atom. The Kier molecular flexibility index (Phi) is 2.72. The second-order valence-electron chi connectivity index (χ2n) is 5.05. The number of hydrazine groups is 1.